The Balaban J connectivity index is 1.16. The number of nitrogens with zero attached hydrogens (tertiary/aromatic N) is 1. The van der Waals surface area contributed by atoms with E-state index in [1.54, 1.807) is 0 Å². The van der Waals surface area contributed by atoms with Gasteiger partial charge in [-0.25, -0.2) is 0 Å². The van der Waals surface area contributed by atoms with E-state index in [1.165, 1.54) is 16.3 Å². The maximum Gasteiger partial charge on any atom is 0.159 e. The molecule has 0 radical (unpaired) electrons. The average molecular weight is 678 g/mol. The molecule has 11 aromatic rings. The van der Waals surface area contributed by atoms with Crippen LogP contribution in [-0.2, 0) is 0 Å². The van der Waals surface area contributed by atoms with Crippen molar-refractivity contribution >= 4 is 82.5 Å². The lowest BCUT2D eigenvalue weighted by atomic mass is 9.99. The summed E-state index contributed by atoms with van der Waals surface area (Å²) < 4.78 is 13.6. The van der Waals surface area contributed by atoms with Crippen molar-refractivity contribution in [3.05, 3.63) is 188 Å². The first-order chi connectivity index (χ1) is 26.3. The van der Waals surface area contributed by atoms with E-state index in [-0.39, 0.29) is 0 Å². The third-order valence-corrected chi connectivity index (χ3v) is 10.6. The van der Waals surface area contributed by atoms with Crippen molar-refractivity contribution in [3.63, 3.8) is 0 Å². The number of anilines is 3. The minimum absolute atomic E-state index is 0.833. The fourth-order valence-electron chi connectivity index (χ4n) is 8.17. The maximum atomic E-state index is 6.88. The van der Waals surface area contributed by atoms with E-state index in [9.17, 15) is 0 Å². The number of fused-ring (bicyclic) bond motifs is 9. The molecule has 0 saturated heterocycles. The summed E-state index contributed by atoms with van der Waals surface area (Å²) in [7, 11) is 0. The predicted molar refractivity (Wildman–Crippen MR) is 222 cm³/mol. The fourth-order valence-corrected chi connectivity index (χ4v) is 8.17. The molecule has 9 aromatic carbocycles. The number of furan rings is 2. The van der Waals surface area contributed by atoms with Gasteiger partial charge in [-0.15, -0.1) is 0 Å². The van der Waals surface area contributed by atoms with Crippen LogP contribution in [0.4, 0.5) is 17.1 Å². The highest BCUT2D eigenvalue weighted by atomic mass is 16.3. The zero-order chi connectivity index (χ0) is 34.9. The Morgan fingerprint density at radius 2 is 0.962 bits per heavy atom. The molecule has 3 heteroatoms. The Hall–Kier alpha value is -7.10. The molecule has 248 valence electrons. The first kappa shape index (κ1) is 29.6. The molecule has 0 N–H and O–H groups in total. The van der Waals surface area contributed by atoms with Crippen molar-refractivity contribution in [2.45, 2.75) is 0 Å². The van der Waals surface area contributed by atoms with Crippen LogP contribution in [0.1, 0.15) is 0 Å². The van der Waals surface area contributed by atoms with Gasteiger partial charge >= 0.3 is 0 Å². The normalized spacial score (nSPS) is 11.8. The summed E-state index contributed by atoms with van der Waals surface area (Å²) >= 11 is 0. The molecule has 0 saturated carbocycles. The van der Waals surface area contributed by atoms with E-state index < -0.39 is 0 Å². The molecule has 0 amide bonds. The lowest BCUT2D eigenvalue weighted by Crippen LogP contribution is -2.10. The Kier molecular flexibility index (Phi) is 6.55. The van der Waals surface area contributed by atoms with Crippen molar-refractivity contribution in [1.29, 1.82) is 0 Å². The van der Waals surface area contributed by atoms with E-state index in [1.807, 2.05) is 0 Å². The lowest BCUT2D eigenvalue weighted by molar-refractivity contribution is 0.669. The van der Waals surface area contributed by atoms with Gasteiger partial charge in [-0.1, -0.05) is 140 Å². The summed E-state index contributed by atoms with van der Waals surface area (Å²) in [6, 6.07) is 66.6. The Morgan fingerprint density at radius 3 is 1.83 bits per heavy atom. The van der Waals surface area contributed by atoms with Crippen LogP contribution in [0.5, 0.6) is 0 Å². The minimum Gasteiger partial charge on any atom is -0.455 e. The Labute approximate surface area is 305 Å². The summed E-state index contributed by atoms with van der Waals surface area (Å²) in [4.78, 5) is 2.34. The molecule has 0 fully saturated rings. The van der Waals surface area contributed by atoms with Gasteiger partial charge in [0, 0.05) is 27.2 Å². The molecular formula is C50H31NO2. The molecule has 0 spiro atoms. The van der Waals surface area contributed by atoms with Crippen LogP contribution < -0.4 is 4.90 Å². The topological polar surface area (TPSA) is 29.5 Å². The summed E-state index contributed by atoms with van der Waals surface area (Å²) in [5.74, 6) is 0. The van der Waals surface area contributed by atoms with Crippen LogP contribution in [0.3, 0.4) is 0 Å². The van der Waals surface area contributed by atoms with Gasteiger partial charge in [-0.2, -0.15) is 0 Å². The smallest absolute Gasteiger partial charge is 0.159 e. The first-order valence-corrected chi connectivity index (χ1v) is 18.0. The van der Waals surface area contributed by atoms with Crippen LogP contribution in [0.2, 0.25) is 0 Å². The molecule has 0 aliphatic rings. The number of hydrogen-bond donors (Lipinski definition) is 0. The lowest BCUT2D eigenvalue weighted by Gasteiger charge is -2.26. The number of rotatable bonds is 5. The number of hydrogen-bond acceptors (Lipinski definition) is 3. The number of para-hydroxylation sites is 1. The minimum atomic E-state index is 0.833. The van der Waals surface area contributed by atoms with Gasteiger partial charge in [0.15, 0.2) is 5.58 Å². The zero-order valence-electron chi connectivity index (χ0n) is 28.7. The third-order valence-electron chi connectivity index (χ3n) is 10.6. The van der Waals surface area contributed by atoms with E-state index in [0.29, 0.717) is 0 Å². The summed E-state index contributed by atoms with van der Waals surface area (Å²) in [5.41, 5.74) is 11.1. The molecule has 2 heterocycles. The molecule has 3 nitrogen and oxygen atoms in total. The van der Waals surface area contributed by atoms with E-state index >= 15 is 0 Å². The average Bonchev–Trinajstić information content (AvgIpc) is 3.81. The molecule has 2 aromatic heterocycles. The van der Waals surface area contributed by atoms with E-state index in [0.717, 1.165) is 88.4 Å². The summed E-state index contributed by atoms with van der Waals surface area (Å²) in [6.45, 7) is 0. The van der Waals surface area contributed by atoms with Crippen LogP contribution >= 0.6 is 0 Å². The molecule has 0 bridgehead atoms. The first-order valence-electron chi connectivity index (χ1n) is 18.0. The van der Waals surface area contributed by atoms with Gasteiger partial charge < -0.3 is 13.7 Å². The number of benzene rings is 9. The molecule has 0 atom stereocenters. The van der Waals surface area contributed by atoms with Gasteiger partial charge in [0.1, 0.15) is 16.7 Å². The van der Waals surface area contributed by atoms with Crippen molar-refractivity contribution in [2.24, 2.45) is 0 Å². The van der Waals surface area contributed by atoms with Crippen LogP contribution in [-0.4, -0.2) is 0 Å². The highest BCUT2D eigenvalue weighted by Crippen LogP contribution is 2.48. The van der Waals surface area contributed by atoms with Crippen LogP contribution in [0.25, 0.3) is 87.7 Å². The van der Waals surface area contributed by atoms with Gasteiger partial charge in [0.2, 0.25) is 0 Å². The molecule has 53 heavy (non-hydrogen) atoms. The molecule has 0 aliphatic heterocycles. The van der Waals surface area contributed by atoms with Gasteiger partial charge in [-0.3, -0.25) is 0 Å². The second kappa shape index (κ2) is 11.7. The maximum absolute atomic E-state index is 6.88. The molecular weight excluding hydrogens is 647 g/mol. The highest BCUT2D eigenvalue weighted by molar-refractivity contribution is 6.21. The van der Waals surface area contributed by atoms with E-state index in [4.69, 9.17) is 8.83 Å². The SMILES string of the molecule is c1ccc(-c2cccc3oc4c(N(c5ccc(-c6ccc7ccccc7c6)cc5)c5cccc6oc7c8ccccc8ccc7c56)cccc4c23)cc1. The quantitative estimate of drug-likeness (QED) is 0.182. The standard InChI is InChI=1S/C50H31NO2/c1-2-12-34(13-3-1)39-17-9-21-45-47(39)41-18-8-20-44(50(41)53-45)51(38-28-25-33(26-29-38)37-24-23-32-11-4-5-15-36(32)31-37)43-19-10-22-46-48(43)42-30-27-35-14-6-7-16-40(35)49(42)52-46/h1-31H. The Morgan fingerprint density at radius 1 is 0.340 bits per heavy atom. The third kappa shape index (κ3) is 4.68. The summed E-state index contributed by atoms with van der Waals surface area (Å²) in [5, 5.41) is 9.05. The molecule has 0 aliphatic carbocycles. The monoisotopic (exact) mass is 677 g/mol. The van der Waals surface area contributed by atoms with Crippen molar-refractivity contribution in [1.82, 2.24) is 0 Å². The Bertz CT molecular complexity index is 3170. The van der Waals surface area contributed by atoms with Crippen molar-refractivity contribution < 1.29 is 8.83 Å². The van der Waals surface area contributed by atoms with Gasteiger partial charge in [-0.05, 0) is 86.9 Å². The van der Waals surface area contributed by atoms with E-state index in [2.05, 4.69) is 193 Å². The fraction of sp³-hybridized carbons (Fsp3) is 0. The van der Waals surface area contributed by atoms with Crippen molar-refractivity contribution in [2.75, 3.05) is 4.90 Å². The van der Waals surface area contributed by atoms with Gasteiger partial charge in [0.05, 0.1) is 16.8 Å². The van der Waals surface area contributed by atoms with Gasteiger partial charge in [0.25, 0.3) is 0 Å². The predicted octanol–water partition coefficient (Wildman–Crippen LogP) is 14.6. The molecule has 0 unspecified atom stereocenters. The summed E-state index contributed by atoms with van der Waals surface area (Å²) in [6.07, 6.45) is 0. The largest absolute Gasteiger partial charge is 0.455 e. The zero-order valence-corrected chi connectivity index (χ0v) is 28.7. The second-order valence-electron chi connectivity index (χ2n) is 13.7. The van der Waals surface area contributed by atoms with Crippen LogP contribution in [0, 0.1) is 0 Å². The molecule has 11 rings (SSSR count). The second-order valence-corrected chi connectivity index (χ2v) is 13.7. The van der Waals surface area contributed by atoms with Crippen LogP contribution in [0.15, 0.2) is 197 Å². The highest BCUT2D eigenvalue weighted by Gasteiger charge is 2.24. The van der Waals surface area contributed by atoms with Crippen molar-refractivity contribution in [3.8, 4) is 22.3 Å².